The minimum atomic E-state index is -0.375. The molecule has 166 valence electrons. The first kappa shape index (κ1) is 23.6. The molecule has 1 amide bonds. The lowest BCUT2D eigenvalue weighted by atomic mass is 10.1. The third kappa shape index (κ3) is 6.96. The highest BCUT2D eigenvalue weighted by atomic mass is 19.1. The lowest BCUT2D eigenvalue weighted by Crippen LogP contribution is -2.55. The summed E-state index contributed by atoms with van der Waals surface area (Å²) in [5.41, 5.74) is 6.82. The molecule has 0 atom stereocenters. The molecule has 0 bridgehead atoms. The number of aryl methyl sites for hydroxylation is 1. The number of benzene rings is 1. The van der Waals surface area contributed by atoms with E-state index in [0.717, 1.165) is 0 Å². The fourth-order valence-electron chi connectivity index (χ4n) is 2.90. The molecule has 0 aromatic heterocycles. The summed E-state index contributed by atoms with van der Waals surface area (Å²) in [4.78, 5) is 25.1. The van der Waals surface area contributed by atoms with E-state index in [0.29, 0.717) is 69.6 Å². The van der Waals surface area contributed by atoms with Crippen LogP contribution >= 0.6 is 0 Å². The minimum Gasteiger partial charge on any atom is -0.383 e. The van der Waals surface area contributed by atoms with E-state index in [-0.39, 0.29) is 17.7 Å². The van der Waals surface area contributed by atoms with Crippen LogP contribution in [0.1, 0.15) is 15.9 Å². The molecule has 0 unspecified atom stereocenters. The number of methoxy groups -OCH3 is 2. The van der Waals surface area contributed by atoms with Crippen molar-refractivity contribution in [2.75, 3.05) is 66.7 Å². The summed E-state index contributed by atoms with van der Waals surface area (Å²) in [5, 5.41) is 3.03. The smallest absolute Gasteiger partial charge is 0.254 e. The maximum absolute atomic E-state index is 13.8. The van der Waals surface area contributed by atoms with Crippen molar-refractivity contribution < 1.29 is 18.7 Å². The molecule has 0 saturated carbocycles. The monoisotopic (exact) mass is 422 g/mol. The summed E-state index contributed by atoms with van der Waals surface area (Å²) in [6.07, 6.45) is 0. The van der Waals surface area contributed by atoms with Crippen molar-refractivity contribution in [1.29, 1.82) is 0 Å². The van der Waals surface area contributed by atoms with Gasteiger partial charge in [0.05, 0.1) is 26.3 Å². The molecular weight excluding hydrogens is 391 g/mol. The lowest BCUT2D eigenvalue weighted by Gasteiger charge is -2.36. The van der Waals surface area contributed by atoms with E-state index in [2.05, 4.69) is 15.3 Å². The van der Waals surface area contributed by atoms with Crippen molar-refractivity contribution in [2.45, 2.75) is 6.92 Å². The number of aliphatic imine (C=N–C) groups is 2. The van der Waals surface area contributed by atoms with Gasteiger partial charge in [-0.15, -0.1) is 0 Å². The Balaban J connectivity index is 2.00. The van der Waals surface area contributed by atoms with Crippen LogP contribution in [0.2, 0.25) is 0 Å². The van der Waals surface area contributed by atoms with Crippen LogP contribution in [0.3, 0.4) is 0 Å². The number of nitrogens with two attached hydrogens (primary N) is 1. The van der Waals surface area contributed by atoms with E-state index in [1.54, 1.807) is 38.2 Å². The average molecular weight is 423 g/mol. The molecule has 1 fully saturated rings. The molecule has 1 aliphatic rings. The van der Waals surface area contributed by atoms with E-state index in [1.165, 1.54) is 6.07 Å². The Morgan fingerprint density at radius 1 is 1.10 bits per heavy atom. The first-order valence-electron chi connectivity index (χ1n) is 9.86. The van der Waals surface area contributed by atoms with Gasteiger partial charge in [0.1, 0.15) is 5.82 Å². The van der Waals surface area contributed by atoms with Gasteiger partial charge in [0.25, 0.3) is 5.91 Å². The van der Waals surface area contributed by atoms with Gasteiger partial charge in [0, 0.05) is 46.0 Å². The summed E-state index contributed by atoms with van der Waals surface area (Å²) in [6.45, 7) is 5.61. The molecule has 1 aliphatic heterocycles. The van der Waals surface area contributed by atoms with Gasteiger partial charge in [-0.3, -0.25) is 20.1 Å². The number of hydrogen-bond acceptors (Lipinski definition) is 5. The Hall–Kier alpha value is -2.72. The number of halogens is 1. The van der Waals surface area contributed by atoms with Crippen LogP contribution < -0.4 is 11.1 Å². The summed E-state index contributed by atoms with van der Waals surface area (Å²) in [7, 11) is 3.21. The zero-order valence-electron chi connectivity index (χ0n) is 17.9. The number of nitrogens with zero attached hydrogens (tertiary/aromatic N) is 4. The van der Waals surface area contributed by atoms with Gasteiger partial charge in [-0.1, -0.05) is 6.07 Å². The van der Waals surface area contributed by atoms with Crippen LogP contribution in [0.15, 0.2) is 28.2 Å². The van der Waals surface area contributed by atoms with Gasteiger partial charge < -0.3 is 25.0 Å². The largest absolute Gasteiger partial charge is 0.383 e. The second-order valence-corrected chi connectivity index (χ2v) is 6.83. The van der Waals surface area contributed by atoms with E-state index in [4.69, 9.17) is 15.2 Å². The number of piperazine rings is 1. The molecule has 1 heterocycles. The van der Waals surface area contributed by atoms with Crippen molar-refractivity contribution in [3.05, 3.63) is 35.1 Å². The zero-order chi connectivity index (χ0) is 21.9. The molecule has 3 N–H and O–H groups in total. The van der Waals surface area contributed by atoms with E-state index in [9.17, 15) is 9.18 Å². The molecule has 30 heavy (non-hydrogen) atoms. The average Bonchev–Trinajstić information content (AvgIpc) is 2.75. The fraction of sp³-hybridized carbons (Fsp3) is 0.550. The van der Waals surface area contributed by atoms with Crippen molar-refractivity contribution in [2.24, 2.45) is 15.7 Å². The SMILES string of the molecule is COCCN=C(N)NC(=NCCOC)N1CCN(C(=O)c2ccc(C)c(F)c2)CC1. The van der Waals surface area contributed by atoms with Gasteiger partial charge in [0.15, 0.2) is 5.96 Å². The number of amides is 1. The highest BCUT2D eigenvalue weighted by Gasteiger charge is 2.24. The molecule has 0 radical (unpaired) electrons. The topological polar surface area (TPSA) is 105 Å². The third-order valence-electron chi connectivity index (χ3n) is 4.66. The predicted molar refractivity (Wildman–Crippen MR) is 114 cm³/mol. The Kier molecular flexibility index (Phi) is 9.49. The molecular formula is C20H31FN6O3. The van der Waals surface area contributed by atoms with Crippen molar-refractivity contribution >= 4 is 17.8 Å². The molecule has 1 saturated heterocycles. The summed E-state index contributed by atoms with van der Waals surface area (Å²) >= 11 is 0. The number of carbonyl (C=O) groups excluding carboxylic acids is 1. The first-order valence-corrected chi connectivity index (χ1v) is 9.86. The Bertz CT molecular complexity index is 763. The van der Waals surface area contributed by atoms with Gasteiger partial charge in [-0.05, 0) is 24.6 Å². The van der Waals surface area contributed by atoms with Crippen molar-refractivity contribution in [1.82, 2.24) is 15.1 Å². The van der Waals surface area contributed by atoms with E-state index >= 15 is 0 Å². The van der Waals surface area contributed by atoms with Gasteiger partial charge in [0.2, 0.25) is 5.96 Å². The molecule has 0 aliphatic carbocycles. The number of rotatable bonds is 7. The van der Waals surface area contributed by atoms with E-state index in [1.807, 2.05) is 4.90 Å². The van der Waals surface area contributed by atoms with Crippen LogP contribution in [0.5, 0.6) is 0 Å². The molecule has 1 aromatic carbocycles. The Morgan fingerprint density at radius 3 is 2.30 bits per heavy atom. The number of carbonyl (C=O) groups is 1. The Labute approximate surface area is 176 Å². The number of hydrogen-bond donors (Lipinski definition) is 2. The van der Waals surface area contributed by atoms with Crippen molar-refractivity contribution in [3.63, 3.8) is 0 Å². The number of ether oxygens (including phenoxy) is 2. The number of nitrogens with one attached hydrogen (secondary N) is 1. The van der Waals surface area contributed by atoms with Crippen LogP contribution in [-0.4, -0.2) is 94.3 Å². The van der Waals surface area contributed by atoms with Crippen LogP contribution in [0.4, 0.5) is 4.39 Å². The molecule has 1 aromatic rings. The highest BCUT2D eigenvalue weighted by Crippen LogP contribution is 2.13. The minimum absolute atomic E-state index is 0.181. The normalized spacial score (nSPS) is 15.5. The van der Waals surface area contributed by atoms with Crippen LogP contribution in [0, 0.1) is 12.7 Å². The lowest BCUT2D eigenvalue weighted by molar-refractivity contribution is 0.0689. The Morgan fingerprint density at radius 2 is 1.70 bits per heavy atom. The van der Waals surface area contributed by atoms with Gasteiger partial charge >= 0.3 is 0 Å². The summed E-state index contributed by atoms with van der Waals surface area (Å²) in [6, 6.07) is 4.57. The predicted octanol–water partition coefficient (Wildman–Crippen LogP) is 0.445. The highest BCUT2D eigenvalue weighted by molar-refractivity contribution is 5.98. The molecule has 10 heteroatoms. The maximum atomic E-state index is 13.8. The van der Waals surface area contributed by atoms with Gasteiger partial charge in [-0.25, -0.2) is 4.39 Å². The molecule has 9 nitrogen and oxygen atoms in total. The quantitative estimate of drug-likeness (QED) is 0.376. The zero-order valence-corrected chi connectivity index (χ0v) is 17.9. The molecule has 0 spiro atoms. The fourth-order valence-corrected chi connectivity index (χ4v) is 2.90. The summed E-state index contributed by atoms with van der Waals surface area (Å²) in [5.74, 6) is 0.274. The molecule has 2 rings (SSSR count). The van der Waals surface area contributed by atoms with Crippen molar-refractivity contribution in [3.8, 4) is 0 Å². The van der Waals surface area contributed by atoms with E-state index < -0.39 is 0 Å². The first-order chi connectivity index (χ1) is 14.5. The standard InChI is InChI=1S/C20H31FN6O3/c1-15-4-5-16(14-17(15)21)18(28)26-8-10-27(11-9-26)20(24-7-13-30-3)25-19(22)23-6-12-29-2/h4-5,14H,6-13H2,1-3H3,(H3,22,23,24,25). The third-order valence-corrected chi connectivity index (χ3v) is 4.66. The van der Waals surface area contributed by atoms with Crippen LogP contribution in [-0.2, 0) is 9.47 Å². The number of guanidine groups is 2. The summed E-state index contributed by atoms with van der Waals surface area (Å²) < 4.78 is 23.8. The second kappa shape index (κ2) is 12.1. The maximum Gasteiger partial charge on any atom is 0.254 e. The van der Waals surface area contributed by atoms with Crippen LogP contribution in [0.25, 0.3) is 0 Å². The van der Waals surface area contributed by atoms with Gasteiger partial charge in [-0.2, -0.15) is 0 Å². The second-order valence-electron chi connectivity index (χ2n) is 6.83.